The number of aryl methyl sites for hydroxylation is 3. The fraction of sp³-hybridized carbons (Fsp3) is 0.538. The summed E-state index contributed by atoms with van der Waals surface area (Å²) in [6.45, 7) is 8.39. The first kappa shape index (κ1) is 14.2. The van der Waals surface area contributed by atoms with Gasteiger partial charge < -0.3 is 5.32 Å². The van der Waals surface area contributed by atoms with Gasteiger partial charge in [0.15, 0.2) is 0 Å². The van der Waals surface area contributed by atoms with Crippen LogP contribution in [0.2, 0.25) is 0 Å². The summed E-state index contributed by atoms with van der Waals surface area (Å²) in [5.41, 5.74) is 2.26. The summed E-state index contributed by atoms with van der Waals surface area (Å²) in [5.74, 6) is 0.590. The van der Waals surface area contributed by atoms with Gasteiger partial charge in [0, 0.05) is 19.3 Å². The summed E-state index contributed by atoms with van der Waals surface area (Å²) < 4.78 is 3.48. The summed E-state index contributed by atoms with van der Waals surface area (Å²) in [7, 11) is 1.80. The van der Waals surface area contributed by atoms with Gasteiger partial charge in [0.25, 0.3) is 5.91 Å². The number of nitrogens with zero attached hydrogens (tertiary/aromatic N) is 5. The molecule has 20 heavy (non-hydrogen) atoms. The number of hydrogen-bond acceptors (Lipinski definition) is 4. The average Bonchev–Trinajstić information content (AvgIpc) is 2.93. The van der Waals surface area contributed by atoms with E-state index in [2.05, 4.69) is 20.5 Å². The van der Waals surface area contributed by atoms with Crippen LogP contribution < -0.4 is 5.32 Å². The van der Waals surface area contributed by atoms with Gasteiger partial charge in [0.1, 0.15) is 12.2 Å². The molecule has 1 amide bonds. The molecular formula is C13H20N6O. The highest BCUT2D eigenvalue weighted by Gasteiger charge is 2.21. The number of aromatic nitrogens is 5. The van der Waals surface area contributed by atoms with E-state index in [1.807, 2.05) is 32.4 Å². The van der Waals surface area contributed by atoms with Gasteiger partial charge in [0.05, 0.1) is 17.3 Å². The lowest BCUT2D eigenvalue weighted by atomic mass is 10.1. The molecule has 2 heterocycles. The molecule has 0 aromatic carbocycles. The van der Waals surface area contributed by atoms with Crippen LogP contribution in [0.4, 0.5) is 0 Å². The molecule has 108 valence electrons. The smallest absolute Gasteiger partial charge is 0.255 e. The van der Waals surface area contributed by atoms with Crippen molar-refractivity contribution in [3.05, 3.63) is 29.1 Å². The van der Waals surface area contributed by atoms with E-state index in [4.69, 9.17) is 0 Å². The highest BCUT2D eigenvalue weighted by molar-refractivity contribution is 5.96. The third kappa shape index (κ3) is 2.43. The van der Waals surface area contributed by atoms with Crippen molar-refractivity contribution in [1.82, 2.24) is 29.9 Å². The molecule has 2 aromatic heterocycles. The van der Waals surface area contributed by atoms with Crippen LogP contribution in [0.5, 0.6) is 0 Å². The van der Waals surface area contributed by atoms with Crippen LogP contribution in [-0.4, -0.2) is 30.5 Å². The molecule has 0 saturated heterocycles. The second-order valence-corrected chi connectivity index (χ2v) is 4.80. The van der Waals surface area contributed by atoms with Crippen molar-refractivity contribution in [3.63, 3.8) is 0 Å². The molecule has 0 bridgehead atoms. The topological polar surface area (TPSA) is 77.6 Å². The Labute approximate surface area is 118 Å². The predicted octanol–water partition coefficient (Wildman–Crippen LogP) is 1.14. The van der Waals surface area contributed by atoms with E-state index in [1.165, 1.54) is 6.33 Å². The molecule has 0 aliphatic rings. The lowest BCUT2D eigenvalue weighted by Gasteiger charge is -2.13. The lowest BCUT2D eigenvalue weighted by Crippen LogP contribution is -2.29. The van der Waals surface area contributed by atoms with E-state index in [0.717, 1.165) is 23.8 Å². The maximum atomic E-state index is 12.4. The quantitative estimate of drug-likeness (QED) is 0.908. The SMILES string of the molecule is CCn1nc(C)c(C(=O)N[C@@H](C)c2ncnn2C)c1C. The van der Waals surface area contributed by atoms with E-state index in [-0.39, 0.29) is 11.9 Å². The first-order chi connectivity index (χ1) is 9.45. The van der Waals surface area contributed by atoms with Crippen molar-refractivity contribution in [2.45, 2.75) is 40.3 Å². The Bertz CT molecular complexity index is 627. The first-order valence-electron chi connectivity index (χ1n) is 6.64. The van der Waals surface area contributed by atoms with Crippen molar-refractivity contribution in [3.8, 4) is 0 Å². The molecule has 2 aromatic rings. The van der Waals surface area contributed by atoms with Crippen molar-refractivity contribution >= 4 is 5.91 Å². The zero-order valence-electron chi connectivity index (χ0n) is 12.5. The summed E-state index contributed by atoms with van der Waals surface area (Å²) in [6.07, 6.45) is 1.48. The minimum Gasteiger partial charge on any atom is -0.342 e. The zero-order chi connectivity index (χ0) is 14.9. The molecule has 0 aliphatic carbocycles. The summed E-state index contributed by atoms with van der Waals surface area (Å²) >= 11 is 0. The molecule has 2 rings (SSSR count). The Morgan fingerprint density at radius 1 is 1.45 bits per heavy atom. The third-order valence-corrected chi connectivity index (χ3v) is 3.39. The van der Waals surface area contributed by atoms with E-state index in [0.29, 0.717) is 5.56 Å². The number of carbonyl (C=O) groups excluding carboxylic acids is 1. The van der Waals surface area contributed by atoms with Crippen molar-refractivity contribution < 1.29 is 4.79 Å². The minimum atomic E-state index is -0.209. The Morgan fingerprint density at radius 2 is 2.15 bits per heavy atom. The average molecular weight is 276 g/mol. The number of hydrogen-bond donors (Lipinski definition) is 1. The molecule has 1 N–H and O–H groups in total. The van der Waals surface area contributed by atoms with Gasteiger partial charge >= 0.3 is 0 Å². The zero-order valence-corrected chi connectivity index (χ0v) is 12.5. The van der Waals surface area contributed by atoms with Crippen LogP contribution in [0.1, 0.15) is 47.5 Å². The molecule has 7 nitrogen and oxygen atoms in total. The molecule has 1 atom stereocenters. The van der Waals surface area contributed by atoms with Crippen LogP contribution in [0, 0.1) is 13.8 Å². The summed E-state index contributed by atoms with van der Waals surface area (Å²) in [4.78, 5) is 16.6. The largest absolute Gasteiger partial charge is 0.342 e. The predicted molar refractivity (Wildman–Crippen MR) is 74.3 cm³/mol. The Morgan fingerprint density at radius 3 is 2.65 bits per heavy atom. The highest BCUT2D eigenvalue weighted by atomic mass is 16.1. The third-order valence-electron chi connectivity index (χ3n) is 3.39. The summed E-state index contributed by atoms with van der Waals surface area (Å²) in [6, 6.07) is -0.209. The van der Waals surface area contributed by atoms with Gasteiger partial charge in [0.2, 0.25) is 0 Å². The van der Waals surface area contributed by atoms with Crippen molar-refractivity contribution in [2.24, 2.45) is 7.05 Å². The van der Waals surface area contributed by atoms with E-state index in [9.17, 15) is 4.79 Å². The number of amides is 1. The number of carbonyl (C=O) groups is 1. The second-order valence-electron chi connectivity index (χ2n) is 4.80. The first-order valence-corrected chi connectivity index (χ1v) is 6.64. The second kappa shape index (κ2) is 5.44. The van der Waals surface area contributed by atoms with Crippen LogP contribution in [0.25, 0.3) is 0 Å². The molecule has 0 spiro atoms. The van der Waals surface area contributed by atoms with Gasteiger partial charge in [-0.15, -0.1) is 0 Å². The fourth-order valence-corrected chi connectivity index (χ4v) is 2.36. The van der Waals surface area contributed by atoms with Crippen molar-refractivity contribution in [2.75, 3.05) is 0 Å². The van der Waals surface area contributed by atoms with Gasteiger partial charge in [-0.1, -0.05) is 0 Å². The number of nitrogens with one attached hydrogen (secondary N) is 1. The Kier molecular flexibility index (Phi) is 3.87. The molecular weight excluding hydrogens is 256 g/mol. The molecule has 0 saturated carbocycles. The molecule has 0 radical (unpaired) electrons. The Hall–Kier alpha value is -2.18. The van der Waals surface area contributed by atoms with Crippen molar-refractivity contribution in [1.29, 1.82) is 0 Å². The lowest BCUT2D eigenvalue weighted by molar-refractivity contribution is 0.0936. The normalized spacial score (nSPS) is 12.4. The van der Waals surface area contributed by atoms with E-state index in [1.54, 1.807) is 11.7 Å². The molecule has 0 unspecified atom stereocenters. The van der Waals surface area contributed by atoms with Crippen LogP contribution in [-0.2, 0) is 13.6 Å². The highest BCUT2D eigenvalue weighted by Crippen LogP contribution is 2.15. The van der Waals surface area contributed by atoms with Crippen LogP contribution >= 0.6 is 0 Å². The molecule has 7 heteroatoms. The standard InChI is InChI=1S/C13H20N6O/c1-6-19-10(4)11(8(2)17-19)13(20)16-9(3)12-14-7-15-18(12)5/h7,9H,6H2,1-5H3,(H,16,20)/t9-/m0/s1. The van der Waals surface area contributed by atoms with Gasteiger partial charge in [-0.3, -0.25) is 14.2 Å². The Balaban J connectivity index is 2.21. The van der Waals surface area contributed by atoms with Gasteiger partial charge in [-0.25, -0.2) is 4.98 Å². The van der Waals surface area contributed by atoms with E-state index < -0.39 is 0 Å². The van der Waals surface area contributed by atoms with Gasteiger partial charge in [-0.2, -0.15) is 10.2 Å². The van der Waals surface area contributed by atoms with Crippen LogP contribution in [0.15, 0.2) is 6.33 Å². The van der Waals surface area contributed by atoms with Crippen LogP contribution in [0.3, 0.4) is 0 Å². The monoisotopic (exact) mass is 276 g/mol. The number of rotatable bonds is 4. The maximum absolute atomic E-state index is 12.4. The fourth-order valence-electron chi connectivity index (χ4n) is 2.36. The molecule has 0 fully saturated rings. The van der Waals surface area contributed by atoms with E-state index >= 15 is 0 Å². The summed E-state index contributed by atoms with van der Waals surface area (Å²) in [5, 5.41) is 11.3. The molecule has 0 aliphatic heterocycles. The van der Waals surface area contributed by atoms with Gasteiger partial charge in [-0.05, 0) is 27.7 Å². The maximum Gasteiger partial charge on any atom is 0.255 e. The minimum absolute atomic E-state index is 0.129.